The van der Waals surface area contributed by atoms with E-state index in [-0.39, 0.29) is 11.7 Å². The van der Waals surface area contributed by atoms with Gasteiger partial charge < -0.3 is 25.4 Å². The number of hydrogen-bond donors (Lipinski definition) is 3. The van der Waals surface area contributed by atoms with Gasteiger partial charge in [-0.25, -0.2) is 4.79 Å². The summed E-state index contributed by atoms with van der Waals surface area (Å²) in [5, 5.41) is 16.4. The predicted octanol–water partition coefficient (Wildman–Crippen LogP) is 5.37. The monoisotopic (exact) mass is 505 g/mol. The molecular weight excluding hydrogens is 458 g/mol. The van der Waals surface area contributed by atoms with E-state index in [2.05, 4.69) is 24.5 Å². The summed E-state index contributed by atoms with van der Waals surface area (Å²) < 4.78 is 5.31. The topological polar surface area (TPSA) is 108 Å². The van der Waals surface area contributed by atoms with E-state index in [1.54, 1.807) is 52.8 Å². The van der Waals surface area contributed by atoms with Gasteiger partial charge in [0.25, 0.3) is 0 Å². The largest absolute Gasteiger partial charge is 0.507 e. The highest BCUT2D eigenvalue weighted by molar-refractivity contribution is 5.92. The van der Waals surface area contributed by atoms with Crippen LogP contribution >= 0.6 is 0 Å². The number of amides is 3. The lowest BCUT2D eigenvalue weighted by molar-refractivity contribution is -0.142. The maximum Gasteiger partial charge on any atom is 0.408 e. The average Bonchev–Trinajstić information content (AvgIpc) is 2.79. The lowest BCUT2D eigenvalue weighted by atomic mass is 9.98. The van der Waals surface area contributed by atoms with E-state index in [0.717, 1.165) is 38.5 Å². The zero-order valence-electron chi connectivity index (χ0n) is 23.3. The molecule has 0 aliphatic carbocycles. The Kier molecular flexibility index (Phi) is 13.3. The van der Waals surface area contributed by atoms with Gasteiger partial charge in [0, 0.05) is 18.7 Å². The van der Waals surface area contributed by atoms with Gasteiger partial charge >= 0.3 is 6.09 Å². The minimum absolute atomic E-state index is 0.00896. The summed E-state index contributed by atoms with van der Waals surface area (Å²) in [7, 11) is 0. The van der Waals surface area contributed by atoms with E-state index in [1.807, 2.05) is 0 Å². The van der Waals surface area contributed by atoms with Crippen molar-refractivity contribution in [2.75, 3.05) is 13.1 Å². The van der Waals surface area contributed by atoms with Crippen LogP contribution in [-0.4, -0.2) is 52.6 Å². The predicted molar refractivity (Wildman–Crippen MR) is 143 cm³/mol. The number of aromatic hydroxyl groups is 1. The summed E-state index contributed by atoms with van der Waals surface area (Å²) >= 11 is 0. The van der Waals surface area contributed by atoms with Crippen molar-refractivity contribution in [3.05, 3.63) is 29.3 Å². The first-order valence-electron chi connectivity index (χ1n) is 13.3. The van der Waals surface area contributed by atoms with Gasteiger partial charge in [-0.15, -0.1) is 0 Å². The highest BCUT2D eigenvalue weighted by Gasteiger charge is 2.36. The summed E-state index contributed by atoms with van der Waals surface area (Å²) in [5.74, 6) is -0.766. The fourth-order valence-corrected chi connectivity index (χ4v) is 3.91. The van der Waals surface area contributed by atoms with Crippen molar-refractivity contribution in [2.24, 2.45) is 0 Å². The van der Waals surface area contributed by atoms with Gasteiger partial charge in [0.15, 0.2) is 0 Å². The molecule has 3 N–H and O–H groups in total. The number of carbonyl (C=O) groups excluding carboxylic acids is 3. The first-order valence-corrected chi connectivity index (χ1v) is 13.3. The molecule has 1 aromatic rings. The third-order valence-electron chi connectivity index (χ3n) is 5.84. The lowest BCUT2D eigenvalue weighted by Gasteiger charge is -2.34. The fraction of sp³-hybridized carbons (Fsp3) is 0.679. The molecule has 204 valence electrons. The number of alkyl carbamates (subject to hydrolysis) is 1. The molecule has 36 heavy (non-hydrogen) atoms. The van der Waals surface area contributed by atoms with Gasteiger partial charge in [0.1, 0.15) is 23.4 Å². The number of nitrogens with one attached hydrogen (secondary N) is 2. The van der Waals surface area contributed by atoms with Gasteiger partial charge in [-0.2, -0.15) is 0 Å². The first kappa shape index (κ1) is 31.3. The number of aryl methyl sites for hydroxylation is 1. The van der Waals surface area contributed by atoms with Crippen LogP contribution in [0.15, 0.2) is 18.2 Å². The minimum atomic E-state index is -1.02. The van der Waals surface area contributed by atoms with Gasteiger partial charge in [0.05, 0.1) is 0 Å². The standard InChI is InChI=1S/C28H47N3O5/c1-8-10-12-14-19-31(26(34)21(4)30-27(35)36-28(5,6)7)23(25(33)29-18-13-11-9-2)22-17-15-16-20(3)24(22)32/h15-17,21,23,32H,8-14,18-19H2,1-7H3,(H,29,33)(H,30,35). The number of carbonyl (C=O) groups is 3. The molecule has 0 spiro atoms. The maximum atomic E-state index is 13.7. The second-order valence-corrected chi connectivity index (χ2v) is 10.4. The number of ether oxygens (including phenoxy) is 1. The first-order chi connectivity index (χ1) is 16.9. The van der Waals surface area contributed by atoms with E-state index < -0.39 is 29.7 Å². The summed E-state index contributed by atoms with van der Waals surface area (Å²) in [5.41, 5.74) is 0.284. The van der Waals surface area contributed by atoms with Crippen molar-refractivity contribution >= 4 is 17.9 Å². The third-order valence-corrected chi connectivity index (χ3v) is 5.84. The van der Waals surface area contributed by atoms with Gasteiger partial charge in [-0.1, -0.05) is 64.2 Å². The second kappa shape index (κ2) is 15.4. The Bertz CT molecular complexity index is 850. The number of hydrogen-bond acceptors (Lipinski definition) is 5. The third kappa shape index (κ3) is 10.5. The highest BCUT2D eigenvalue weighted by atomic mass is 16.6. The Balaban J connectivity index is 3.33. The number of rotatable bonds is 14. The van der Waals surface area contributed by atoms with Crippen LogP contribution in [0.3, 0.4) is 0 Å². The molecule has 1 rings (SSSR count). The Morgan fingerprint density at radius 1 is 1.03 bits per heavy atom. The number of benzene rings is 1. The second-order valence-electron chi connectivity index (χ2n) is 10.4. The van der Waals surface area contributed by atoms with Crippen LogP contribution in [-0.2, 0) is 14.3 Å². The van der Waals surface area contributed by atoms with E-state index in [9.17, 15) is 19.5 Å². The van der Waals surface area contributed by atoms with E-state index >= 15 is 0 Å². The molecule has 0 aromatic heterocycles. The van der Waals surface area contributed by atoms with Crippen LogP contribution in [0.2, 0.25) is 0 Å². The minimum Gasteiger partial charge on any atom is -0.507 e. The smallest absolute Gasteiger partial charge is 0.408 e. The molecule has 0 heterocycles. The molecule has 2 unspecified atom stereocenters. The van der Waals surface area contributed by atoms with Crippen molar-refractivity contribution < 1.29 is 24.2 Å². The van der Waals surface area contributed by atoms with Crippen molar-refractivity contribution in [3.8, 4) is 5.75 Å². The Morgan fingerprint density at radius 3 is 2.28 bits per heavy atom. The van der Waals surface area contributed by atoms with Crippen LogP contribution in [0.25, 0.3) is 0 Å². The van der Waals surface area contributed by atoms with Crippen molar-refractivity contribution in [2.45, 2.75) is 111 Å². The van der Waals surface area contributed by atoms with Gasteiger partial charge in [0.2, 0.25) is 11.8 Å². The summed E-state index contributed by atoms with van der Waals surface area (Å²) in [6.45, 7) is 13.6. The molecule has 8 heteroatoms. The van der Waals surface area contributed by atoms with Gasteiger partial charge in [-0.05, 0) is 53.0 Å². The van der Waals surface area contributed by atoms with Crippen LogP contribution in [0.5, 0.6) is 5.75 Å². The number of unbranched alkanes of at least 4 members (excludes halogenated alkanes) is 5. The molecular formula is C28H47N3O5. The zero-order valence-corrected chi connectivity index (χ0v) is 23.3. The number of nitrogens with zero attached hydrogens (tertiary/aromatic N) is 1. The summed E-state index contributed by atoms with van der Waals surface area (Å²) in [4.78, 5) is 41.0. The van der Waals surface area contributed by atoms with Crippen molar-refractivity contribution in [1.82, 2.24) is 15.5 Å². The number of phenolic OH excluding ortho intramolecular Hbond substituents is 1. The molecule has 0 aliphatic rings. The van der Waals surface area contributed by atoms with Crippen LogP contribution < -0.4 is 10.6 Å². The molecule has 1 aromatic carbocycles. The maximum absolute atomic E-state index is 13.7. The average molecular weight is 506 g/mol. The zero-order chi connectivity index (χ0) is 27.3. The van der Waals surface area contributed by atoms with Crippen LogP contribution in [0.1, 0.15) is 104 Å². The molecule has 0 aliphatic heterocycles. The molecule has 3 amide bonds. The van der Waals surface area contributed by atoms with E-state index in [0.29, 0.717) is 30.6 Å². The number of para-hydroxylation sites is 1. The van der Waals surface area contributed by atoms with Crippen LogP contribution in [0.4, 0.5) is 4.79 Å². The molecule has 2 atom stereocenters. The van der Waals surface area contributed by atoms with Crippen LogP contribution in [0, 0.1) is 6.92 Å². The van der Waals surface area contributed by atoms with E-state index in [4.69, 9.17) is 4.74 Å². The SMILES string of the molecule is CCCCCCN(C(=O)C(C)NC(=O)OC(C)(C)C)C(C(=O)NCCCCC)c1cccc(C)c1O. The molecule has 0 radical (unpaired) electrons. The molecule has 0 saturated heterocycles. The van der Waals surface area contributed by atoms with Gasteiger partial charge in [-0.3, -0.25) is 9.59 Å². The Hall–Kier alpha value is -2.77. The van der Waals surface area contributed by atoms with Crippen molar-refractivity contribution in [1.29, 1.82) is 0 Å². The summed E-state index contributed by atoms with van der Waals surface area (Å²) in [6.07, 6.45) is 5.78. The van der Waals surface area contributed by atoms with E-state index in [1.165, 1.54) is 4.90 Å². The lowest BCUT2D eigenvalue weighted by Crippen LogP contribution is -2.52. The fourth-order valence-electron chi connectivity index (χ4n) is 3.91. The quantitative estimate of drug-likeness (QED) is 0.295. The Labute approximate surface area is 217 Å². The normalized spacial score (nSPS) is 13.0. The molecule has 8 nitrogen and oxygen atoms in total. The molecule has 0 saturated carbocycles. The number of phenols is 1. The molecule has 0 bridgehead atoms. The van der Waals surface area contributed by atoms with Crippen molar-refractivity contribution in [3.63, 3.8) is 0 Å². The highest BCUT2D eigenvalue weighted by Crippen LogP contribution is 2.32. The molecule has 0 fully saturated rings. The Morgan fingerprint density at radius 2 is 1.67 bits per heavy atom. The summed E-state index contributed by atoms with van der Waals surface area (Å²) in [6, 6.07) is 3.26.